The van der Waals surface area contributed by atoms with E-state index >= 15 is 0 Å². The summed E-state index contributed by atoms with van der Waals surface area (Å²) in [6.07, 6.45) is -6.57. The van der Waals surface area contributed by atoms with Crippen LogP contribution in [0.2, 0.25) is 0 Å². The van der Waals surface area contributed by atoms with Gasteiger partial charge in [0.1, 0.15) is 17.4 Å². The van der Waals surface area contributed by atoms with Crippen molar-refractivity contribution in [3.63, 3.8) is 0 Å². The van der Waals surface area contributed by atoms with E-state index in [4.69, 9.17) is 9.47 Å². The van der Waals surface area contributed by atoms with E-state index in [1.165, 1.54) is 12.1 Å². The minimum atomic E-state index is -4.51. The lowest BCUT2D eigenvalue weighted by Gasteiger charge is -2.35. The molecule has 0 spiro atoms. The van der Waals surface area contributed by atoms with Crippen molar-refractivity contribution in [1.82, 2.24) is 4.90 Å². The van der Waals surface area contributed by atoms with Crippen LogP contribution in [0.1, 0.15) is 30.9 Å². The van der Waals surface area contributed by atoms with E-state index in [1.807, 2.05) is 0 Å². The average Bonchev–Trinajstić information content (AvgIpc) is 2.69. The van der Waals surface area contributed by atoms with Crippen molar-refractivity contribution >= 4 is 12.3 Å². The van der Waals surface area contributed by atoms with Gasteiger partial charge >= 0.3 is 18.5 Å². The number of benzene rings is 1. The van der Waals surface area contributed by atoms with Crippen molar-refractivity contribution in [3.8, 4) is 0 Å². The molecule has 0 atom stereocenters. The number of nitrogens with zero attached hydrogens (tertiary/aromatic N) is 1. The molecule has 1 heterocycles. The van der Waals surface area contributed by atoms with Crippen molar-refractivity contribution in [2.24, 2.45) is 0 Å². The molecule has 10 heteroatoms. The summed E-state index contributed by atoms with van der Waals surface area (Å²) in [7, 11) is 3.88. The lowest BCUT2D eigenvalue weighted by molar-refractivity contribution is -0.137. The van der Waals surface area contributed by atoms with Crippen molar-refractivity contribution in [2.45, 2.75) is 25.9 Å². The van der Waals surface area contributed by atoms with E-state index in [0.717, 1.165) is 26.4 Å². The number of carbonyl (C=O) groups is 2. The molecule has 2 rings (SSSR count). The summed E-state index contributed by atoms with van der Waals surface area (Å²) in [6.45, 7) is 3.29. The van der Waals surface area contributed by atoms with Crippen LogP contribution in [0.5, 0.6) is 0 Å². The van der Waals surface area contributed by atoms with Gasteiger partial charge in [-0.1, -0.05) is 12.1 Å². The molecule has 29 heavy (non-hydrogen) atoms. The van der Waals surface area contributed by atoms with Crippen molar-refractivity contribution in [3.05, 3.63) is 58.3 Å². The fourth-order valence-corrected chi connectivity index (χ4v) is 2.81. The predicted molar refractivity (Wildman–Crippen MR) is 94.3 cm³/mol. The molecule has 0 bridgehead atoms. The zero-order chi connectivity index (χ0) is 21.9. The summed E-state index contributed by atoms with van der Waals surface area (Å²) in [5.41, 5.74) is 0.425. The van der Waals surface area contributed by atoms with Crippen LogP contribution in [-0.4, -0.2) is 38.5 Å². The Morgan fingerprint density at radius 3 is 1.66 bits per heavy atom. The van der Waals surface area contributed by atoms with Crippen LogP contribution < -0.4 is 0 Å². The van der Waals surface area contributed by atoms with E-state index in [1.54, 1.807) is 25.8 Å². The Morgan fingerprint density at radius 1 is 0.897 bits per heavy atom. The van der Waals surface area contributed by atoms with Gasteiger partial charge in [-0.3, -0.25) is 0 Å². The third kappa shape index (κ3) is 4.64. The van der Waals surface area contributed by atoms with Gasteiger partial charge in [0, 0.05) is 7.05 Å². The van der Waals surface area contributed by atoms with Crippen LogP contribution in [0.3, 0.4) is 0 Å². The molecule has 1 aliphatic rings. The van der Waals surface area contributed by atoms with Crippen molar-refractivity contribution in [1.29, 1.82) is 0 Å². The summed E-state index contributed by atoms with van der Waals surface area (Å²) < 4.78 is 58.4. The lowest BCUT2D eigenvalue weighted by atomic mass is 9.89. The first-order valence-electron chi connectivity index (χ1n) is 8.35. The zero-order valence-electron chi connectivity index (χ0n) is 16.4. The van der Waals surface area contributed by atoms with E-state index in [-0.39, 0.29) is 11.5 Å². The Morgan fingerprint density at radius 2 is 1.31 bits per heavy atom. The largest absolute Gasteiger partial charge is 0.513 e. The van der Waals surface area contributed by atoms with Gasteiger partial charge in [0.2, 0.25) is 0 Å². The van der Waals surface area contributed by atoms with Crippen molar-refractivity contribution in [2.75, 3.05) is 21.3 Å². The van der Waals surface area contributed by atoms with Crippen LogP contribution in [-0.2, 0) is 25.1 Å². The number of hydrogen-bond acceptors (Lipinski definition) is 7. The second-order valence-corrected chi connectivity index (χ2v) is 6.12. The van der Waals surface area contributed by atoms with Crippen LogP contribution in [0, 0.1) is 0 Å². The van der Waals surface area contributed by atoms with E-state index in [0.29, 0.717) is 17.0 Å². The number of rotatable bonds is 3. The van der Waals surface area contributed by atoms with Crippen LogP contribution >= 0.6 is 0 Å². The third-order valence-electron chi connectivity index (χ3n) is 4.54. The number of alkyl halides is 3. The van der Waals surface area contributed by atoms with Crippen LogP contribution in [0.25, 0.3) is 0 Å². The molecule has 7 nitrogen and oxygen atoms in total. The standard InChI is InChI=1S/C19H20F3NO6/c1-10-15(28-17(24)26-4)14(12-6-8-13(9-7-12)19(20,21)22)16(11(2)23(10)3)29-18(25)27-5/h6-9,14H,1-5H3. The van der Waals surface area contributed by atoms with Gasteiger partial charge in [0.05, 0.1) is 31.2 Å². The summed E-state index contributed by atoms with van der Waals surface area (Å²) in [5, 5.41) is 0. The topological polar surface area (TPSA) is 74.3 Å². The Kier molecular flexibility index (Phi) is 6.45. The number of hydrogen-bond donors (Lipinski definition) is 0. The maximum atomic E-state index is 12.9. The molecule has 1 aromatic carbocycles. The molecule has 0 N–H and O–H groups in total. The molecule has 158 valence electrons. The van der Waals surface area contributed by atoms with Gasteiger partial charge in [-0.05, 0) is 31.5 Å². The molecule has 0 saturated carbocycles. The predicted octanol–water partition coefficient (Wildman–Crippen LogP) is 4.76. The summed E-state index contributed by atoms with van der Waals surface area (Å²) in [5.74, 6) is -0.890. The molecule has 0 aromatic heterocycles. The molecule has 1 aromatic rings. The molecule has 0 saturated heterocycles. The van der Waals surface area contributed by atoms with Gasteiger partial charge in [0.25, 0.3) is 0 Å². The monoisotopic (exact) mass is 415 g/mol. The molecule has 0 aliphatic carbocycles. The second-order valence-electron chi connectivity index (χ2n) is 6.12. The fraction of sp³-hybridized carbons (Fsp3) is 0.368. The minimum Gasteiger partial charge on any atom is -0.437 e. The van der Waals surface area contributed by atoms with Gasteiger partial charge < -0.3 is 23.8 Å². The molecular weight excluding hydrogens is 395 g/mol. The maximum Gasteiger partial charge on any atom is 0.513 e. The number of ether oxygens (including phenoxy) is 4. The van der Waals surface area contributed by atoms with Gasteiger partial charge in [0.15, 0.2) is 0 Å². The third-order valence-corrected chi connectivity index (χ3v) is 4.54. The van der Waals surface area contributed by atoms with Gasteiger partial charge in [-0.25, -0.2) is 9.59 Å². The van der Waals surface area contributed by atoms with Crippen LogP contribution in [0.4, 0.5) is 22.8 Å². The molecule has 0 amide bonds. The Labute approximate surface area is 165 Å². The normalized spacial score (nSPS) is 15.4. The molecule has 0 radical (unpaired) electrons. The highest BCUT2D eigenvalue weighted by Gasteiger charge is 2.38. The number of methoxy groups -OCH3 is 2. The summed E-state index contributed by atoms with van der Waals surface area (Å²) >= 11 is 0. The maximum absolute atomic E-state index is 12.9. The van der Waals surface area contributed by atoms with Gasteiger partial charge in [-0.15, -0.1) is 0 Å². The molecule has 0 unspecified atom stereocenters. The highest BCUT2D eigenvalue weighted by atomic mass is 19.4. The van der Waals surface area contributed by atoms with E-state index < -0.39 is 30.0 Å². The highest BCUT2D eigenvalue weighted by molar-refractivity contribution is 5.64. The Balaban J connectivity index is 2.62. The summed E-state index contributed by atoms with van der Waals surface area (Å²) in [6, 6.07) is 4.23. The van der Waals surface area contributed by atoms with E-state index in [2.05, 4.69) is 9.47 Å². The SMILES string of the molecule is COC(=O)OC1=C(C)N(C)C(C)=C(OC(=O)OC)C1c1ccc(C(F)(F)F)cc1. The summed E-state index contributed by atoms with van der Waals surface area (Å²) in [4.78, 5) is 25.1. The second kappa shape index (κ2) is 8.46. The number of carbonyl (C=O) groups excluding carboxylic acids is 2. The van der Waals surface area contributed by atoms with Crippen LogP contribution in [0.15, 0.2) is 47.2 Å². The Hall–Kier alpha value is -3.17. The van der Waals surface area contributed by atoms with Crippen molar-refractivity contribution < 1.29 is 41.7 Å². The minimum absolute atomic E-state index is 0.0450. The average molecular weight is 415 g/mol. The number of allylic oxidation sites excluding steroid dienone is 2. The quantitative estimate of drug-likeness (QED) is 0.659. The molecule has 0 fully saturated rings. The number of halogens is 3. The first-order chi connectivity index (χ1) is 13.5. The molecule has 1 aliphatic heterocycles. The van der Waals surface area contributed by atoms with Gasteiger partial charge in [-0.2, -0.15) is 13.2 Å². The highest BCUT2D eigenvalue weighted by Crippen LogP contribution is 2.43. The smallest absolute Gasteiger partial charge is 0.437 e. The molecular formula is C19H20F3NO6. The zero-order valence-corrected chi connectivity index (χ0v) is 16.4. The first kappa shape index (κ1) is 22.1. The van der Waals surface area contributed by atoms with E-state index in [9.17, 15) is 22.8 Å². The first-order valence-corrected chi connectivity index (χ1v) is 8.35. The lowest BCUT2D eigenvalue weighted by Crippen LogP contribution is -2.30. The Bertz CT molecular complexity index is 816. The fourth-order valence-electron chi connectivity index (χ4n) is 2.81.